The Kier molecular flexibility index (Phi) is 5.62. The highest BCUT2D eigenvalue weighted by atomic mass is 16.5. The maximum Gasteiger partial charge on any atom is 0.251 e. The summed E-state index contributed by atoms with van der Waals surface area (Å²) in [6.45, 7) is 4.61. The molecule has 2 rings (SSSR count). The van der Waals surface area contributed by atoms with Crippen molar-refractivity contribution in [2.75, 3.05) is 6.54 Å². The van der Waals surface area contributed by atoms with Crippen molar-refractivity contribution in [3.8, 4) is 5.75 Å². The number of rotatable bonds is 5. The highest BCUT2D eigenvalue weighted by Crippen LogP contribution is 2.23. The summed E-state index contributed by atoms with van der Waals surface area (Å²) in [6.07, 6.45) is 3.60. The van der Waals surface area contributed by atoms with Crippen LogP contribution in [0.2, 0.25) is 0 Å². The highest BCUT2D eigenvalue weighted by molar-refractivity contribution is 5.94. The second-order valence-corrected chi connectivity index (χ2v) is 6.08. The van der Waals surface area contributed by atoms with Gasteiger partial charge >= 0.3 is 0 Å². The summed E-state index contributed by atoms with van der Waals surface area (Å²) in [5.74, 6) is 1.14. The molecule has 0 radical (unpaired) electrons. The van der Waals surface area contributed by atoms with Gasteiger partial charge in [0.2, 0.25) is 0 Å². The van der Waals surface area contributed by atoms with E-state index in [1.807, 2.05) is 26.0 Å². The van der Waals surface area contributed by atoms with Crippen LogP contribution in [0.25, 0.3) is 0 Å². The van der Waals surface area contributed by atoms with E-state index < -0.39 is 0 Å². The molecule has 4 nitrogen and oxygen atoms in total. The fourth-order valence-electron chi connectivity index (χ4n) is 2.67. The normalized spacial score (nSPS) is 22.1. The summed E-state index contributed by atoms with van der Waals surface area (Å²) >= 11 is 0. The van der Waals surface area contributed by atoms with Gasteiger partial charge in [-0.3, -0.25) is 4.79 Å². The van der Waals surface area contributed by atoms with Gasteiger partial charge in [-0.15, -0.1) is 0 Å². The van der Waals surface area contributed by atoms with E-state index in [4.69, 9.17) is 4.74 Å². The minimum absolute atomic E-state index is 0.0599. The molecule has 21 heavy (non-hydrogen) atoms. The Balaban J connectivity index is 1.85. The summed E-state index contributed by atoms with van der Waals surface area (Å²) in [5, 5.41) is 12.5. The number of benzene rings is 1. The molecule has 1 aromatic carbocycles. The van der Waals surface area contributed by atoms with Crippen LogP contribution in [0, 0.1) is 5.92 Å². The number of amides is 1. The zero-order valence-corrected chi connectivity index (χ0v) is 12.8. The first-order valence-electron chi connectivity index (χ1n) is 7.77. The van der Waals surface area contributed by atoms with Crippen molar-refractivity contribution in [1.82, 2.24) is 5.32 Å². The summed E-state index contributed by atoms with van der Waals surface area (Å²) in [7, 11) is 0. The van der Waals surface area contributed by atoms with Gasteiger partial charge in [-0.05, 0) is 63.6 Å². The lowest BCUT2D eigenvalue weighted by atomic mass is 9.87. The molecule has 4 heteroatoms. The average Bonchev–Trinajstić information content (AvgIpc) is 2.46. The zero-order valence-electron chi connectivity index (χ0n) is 12.8. The first kappa shape index (κ1) is 15.8. The quantitative estimate of drug-likeness (QED) is 0.877. The molecule has 1 amide bonds. The number of nitrogens with one attached hydrogen (secondary N) is 1. The summed E-state index contributed by atoms with van der Waals surface area (Å²) in [4.78, 5) is 12.2. The Hall–Kier alpha value is -1.55. The van der Waals surface area contributed by atoms with E-state index in [1.54, 1.807) is 12.1 Å². The minimum Gasteiger partial charge on any atom is -0.491 e. The Bertz CT molecular complexity index is 465. The van der Waals surface area contributed by atoms with Crippen LogP contribution in [-0.4, -0.2) is 29.8 Å². The minimum atomic E-state index is -0.151. The van der Waals surface area contributed by atoms with Crippen LogP contribution in [-0.2, 0) is 0 Å². The highest BCUT2D eigenvalue weighted by Gasteiger charge is 2.20. The molecular weight excluding hydrogens is 266 g/mol. The van der Waals surface area contributed by atoms with E-state index in [2.05, 4.69) is 5.32 Å². The van der Waals surface area contributed by atoms with Gasteiger partial charge in [-0.1, -0.05) is 6.07 Å². The van der Waals surface area contributed by atoms with Crippen LogP contribution >= 0.6 is 0 Å². The fourth-order valence-corrected chi connectivity index (χ4v) is 2.67. The second kappa shape index (κ2) is 7.46. The van der Waals surface area contributed by atoms with Crippen LogP contribution in [0.4, 0.5) is 0 Å². The van der Waals surface area contributed by atoms with Gasteiger partial charge in [0.1, 0.15) is 5.75 Å². The second-order valence-electron chi connectivity index (χ2n) is 6.08. The fraction of sp³-hybridized carbons (Fsp3) is 0.588. The van der Waals surface area contributed by atoms with Gasteiger partial charge in [0.05, 0.1) is 12.2 Å². The molecule has 116 valence electrons. The van der Waals surface area contributed by atoms with Crippen molar-refractivity contribution < 1.29 is 14.6 Å². The molecule has 0 spiro atoms. The third kappa shape index (κ3) is 5.05. The van der Waals surface area contributed by atoms with Gasteiger partial charge in [-0.25, -0.2) is 0 Å². The van der Waals surface area contributed by atoms with E-state index >= 15 is 0 Å². The number of carbonyl (C=O) groups excluding carboxylic acids is 1. The molecule has 0 aliphatic heterocycles. The number of ether oxygens (including phenoxy) is 1. The Morgan fingerprint density at radius 1 is 1.33 bits per heavy atom. The predicted molar refractivity (Wildman–Crippen MR) is 82.5 cm³/mol. The molecule has 1 aromatic rings. The van der Waals surface area contributed by atoms with Crippen LogP contribution in [0.1, 0.15) is 49.9 Å². The van der Waals surface area contributed by atoms with E-state index in [1.165, 1.54) is 0 Å². The van der Waals surface area contributed by atoms with Crippen LogP contribution in [0.5, 0.6) is 5.75 Å². The van der Waals surface area contributed by atoms with E-state index in [0.29, 0.717) is 18.0 Å². The largest absolute Gasteiger partial charge is 0.491 e. The third-order valence-electron chi connectivity index (χ3n) is 3.84. The summed E-state index contributed by atoms with van der Waals surface area (Å²) in [6, 6.07) is 7.27. The molecule has 0 saturated heterocycles. The maximum atomic E-state index is 12.2. The van der Waals surface area contributed by atoms with Crippen molar-refractivity contribution >= 4 is 5.91 Å². The number of aliphatic hydroxyl groups is 1. The first-order valence-corrected chi connectivity index (χ1v) is 7.77. The lowest BCUT2D eigenvalue weighted by molar-refractivity contribution is 0.0909. The molecule has 0 unspecified atom stereocenters. The number of aliphatic hydroxyl groups excluding tert-OH is 1. The van der Waals surface area contributed by atoms with E-state index in [9.17, 15) is 9.90 Å². The smallest absolute Gasteiger partial charge is 0.251 e. The zero-order chi connectivity index (χ0) is 15.2. The Labute approximate surface area is 126 Å². The van der Waals surface area contributed by atoms with E-state index in [0.717, 1.165) is 31.4 Å². The lowest BCUT2D eigenvalue weighted by Gasteiger charge is -2.25. The molecule has 1 saturated carbocycles. The molecule has 1 fully saturated rings. The third-order valence-corrected chi connectivity index (χ3v) is 3.84. The van der Waals surface area contributed by atoms with Crippen molar-refractivity contribution in [1.29, 1.82) is 0 Å². The summed E-state index contributed by atoms with van der Waals surface area (Å²) < 4.78 is 5.60. The Morgan fingerprint density at radius 3 is 2.71 bits per heavy atom. The van der Waals surface area contributed by atoms with Crippen molar-refractivity contribution in [3.05, 3.63) is 29.8 Å². The molecule has 0 bridgehead atoms. The SMILES string of the molecule is CC(C)Oc1cccc(C(=O)NCC2CCC(O)CC2)c1. The maximum absolute atomic E-state index is 12.2. The van der Waals surface area contributed by atoms with Gasteiger partial charge in [0.15, 0.2) is 0 Å². The standard InChI is InChI=1S/C17H25NO3/c1-12(2)21-16-5-3-4-14(10-16)17(20)18-11-13-6-8-15(19)9-7-13/h3-5,10,12-13,15,19H,6-9,11H2,1-2H3,(H,18,20). The van der Waals surface area contributed by atoms with E-state index in [-0.39, 0.29) is 18.1 Å². The van der Waals surface area contributed by atoms with Crippen molar-refractivity contribution in [2.45, 2.75) is 51.7 Å². The molecule has 0 atom stereocenters. The Morgan fingerprint density at radius 2 is 2.05 bits per heavy atom. The van der Waals surface area contributed by atoms with Crippen molar-refractivity contribution in [3.63, 3.8) is 0 Å². The van der Waals surface area contributed by atoms with Crippen LogP contribution < -0.4 is 10.1 Å². The number of carbonyl (C=O) groups is 1. The van der Waals surface area contributed by atoms with Crippen LogP contribution in [0.3, 0.4) is 0 Å². The first-order chi connectivity index (χ1) is 10.0. The topological polar surface area (TPSA) is 58.6 Å². The molecule has 1 aliphatic carbocycles. The van der Waals surface area contributed by atoms with Gasteiger partial charge < -0.3 is 15.2 Å². The van der Waals surface area contributed by atoms with Gasteiger partial charge in [0.25, 0.3) is 5.91 Å². The average molecular weight is 291 g/mol. The molecule has 2 N–H and O–H groups in total. The molecular formula is C17H25NO3. The monoisotopic (exact) mass is 291 g/mol. The number of hydrogen-bond acceptors (Lipinski definition) is 3. The molecule has 1 aliphatic rings. The van der Waals surface area contributed by atoms with Gasteiger partial charge in [-0.2, -0.15) is 0 Å². The van der Waals surface area contributed by atoms with Crippen molar-refractivity contribution in [2.24, 2.45) is 5.92 Å². The van der Waals surface area contributed by atoms with Gasteiger partial charge in [0, 0.05) is 12.1 Å². The number of hydrogen-bond donors (Lipinski definition) is 2. The molecule has 0 aromatic heterocycles. The van der Waals surface area contributed by atoms with Crippen LogP contribution in [0.15, 0.2) is 24.3 Å². The molecule has 0 heterocycles. The predicted octanol–water partition coefficient (Wildman–Crippen LogP) is 2.75. The lowest BCUT2D eigenvalue weighted by Crippen LogP contribution is -2.32. The summed E-state index contributed by atoms with van der Waals surface area (Å²) in [5.41, 5.74) is 0.629.